The number of benzene rings is 3. The highest BCUT2D eigenvalue weighted by Crippen LogP contribution is 2.54. The van der Waals surface area contributed by atoms with Crippen LogP contribution in [0.4, 0.5) is 11.4 Å². The molecule has 10 nitrogen and oxygen atoms in total. The fourth-order valence-corrected chi connectivity index (χ4v) is 8.42. The van der Waals surface area contributed by atoms with Crippen LogP contribution in [0.2, 0.25) is 5.02 Å². The molecule has 0 bridgehead atoms. The lowest BCUT2D eigenvalue weighted by atomic mass is 9.83. The van der Waals surface area contributed by atoms with Crippen molar-refractivity contribution in [3.05, 3.63) is 103 Å². The molecule has 0 unspecified atom stereocenters. The predicted molar refractivity (Wildman–Crippen MR) is 172 cm³/mol. The quantitative estimate of drug-likeness (QED) is 0.202. The average Bonchev–Trinajstić information content (AvgIpc) is 3.48. The molecule has 3 amide bonds. The Morgan fingerprint density at radius 2 is 1.62 bits per heavy atom. The number of fused-ring (bicyclic) bond motifs is 2. The zero-order chi connectivity index (χ0) is 31.8. The Morgan fingerprint density at radius 3 is 2.27 bits per heavy atom. The number of hydrogen-bond donors (Lipinski definition) is 1. The van der Waals surface area contributed by atoms with Gasteiger partial charge in [0.15, 0.2) is 0 Å². The van der Waals surface area contributed by atoms with Crippen LogP contribution in [0.1, 0.15) is 33.6 Å². The number of amides is 3. The number of thiazole rings is 1. The number of imide groups is 1. The van der Waals surface area contributed by atoms with Crippen LogP contribution in [0.5, 0.6) is 5.75 Å². The Bertz CT molecular complexity index is 1850. The molecule has 1 fully saturated rings. The second-order valence-corrected chi connectivity index (χ2v) is 12.8. The number of carbonyl (C=O) groups is 4. The van der Waals surface area contributed by atoms with Crippen LogP contribution < -0.4 is 19.8 Å². The van der Waals surface area contributed by atoms with Gasteiger partial charge in [0, 0.05) is 21.5 Å². The number of thioether (sulfide) groups is 1. The molecule has 3 heterocycles. The summed E-state index contributed by atoms with van der Waals surface area (Å²) in [6.07, 6.45) is 0. The highest BCUT2D eigenvalue weighted by atomic mass is 35.5. The van der Waals surface area contributed by atoms with Crippen LogP contribution in [0.15, 0.2) is 82.6 Å². The first-order valence-electron chi connectivity index (χ1n) is 13.9. The number of halogens is 1. The van der Waals surface area contributed by atoms with E-state index < -0.39 is 40.8 Å². The minimum Gasteiger partial charge on any atom is -0.497 e. The maximum absolute atomic E-state index is 14.1. The van der Waals surface area contributed by atoms with Crippen molar-refractivity contribution in [1.82, 2.24) is 4.57 Å². The minimum absolute atomic E-state index is 0.217. The van der Waals surface area contributed by atoms with Crippen LogP contribution in [0.3, 0.4) is 0 Å². The number of esters is 1. The Labute approximate surface area is 270 Å². The van der Waals surface area contributed by atoms with Gasteiger partial charge in [-0.25, -0.2) is 9.69 Å². The summed E-state index contributed by atoms with van der Waals surface area (Å²) in [5.74, 6) is -2.62. The van der Waals surface area contributed by atoms with Gasteiger partial charge in [-0.15, -0.1) is 0 Å². The third-order valence-corrected chi connectivity index (χ3v) is 10.4. The van der Waals surface area contributed by atoms with Gasteiger partial charge >= 0.3 is 10.8 Å². The number of aromatic nitrogens is 1. The molecule has 0 saturated carbocycles. The summed E-state index contributed by atoms with van der Waals surface area (Å²) >= 11 is 8.25. The summed E-state index contributed by atoms with van der Waals surface area (Å²) < 4.78 is 11.6. The number of nitrogens with zero attached hydrogens (tertiary/aromatic N) is 2. The van der Waals surface area contributed by atoms with Crippen molar-refractivity contribution in [2.45, 2.75) is 29.7 Å². The van der Waals surface area contributed by atoms with Gasteiger partial charge < -0.3 is 14.8 Å². The second-order valence-electron chi connectivity index (χ2n) is 10.3. The summed E-state index contributed by atoms with van der Waals surface area (Å²) in [5, 5.41) is 2.90. The summed E-state index contributed by atoms with van der Waals surface area (Å²) in [5.41, 5.74) is 1.87. The third-order valence-electron chi connectivity index (χ3n) is 7.59. The Balaban J connectivity index is 1.35. The molecule has 45 heavy (non-hydrogen) atoms. The molecule has 3 atom stereocenters. The first kappa shape index (κ1) is 30.6. The molecule has 1 N–H and O–H groups in total. The number of methoxy groups -OCH3 is 1. The van der Waals surface area contributed by atoms with Crippen molar-refractivity contribution in [3.8, 4) is 5.75 Å². The summed E-state index contributed by atoms with van der Waals surface area (Å²) in [4.78, 5) is 68.0. The van der Waals surface area contributed by atoms with Gasteiger partial charge in [-0.3, -0.25) is 23.7 Å². The smallest absolute Gasteiger partial charge is 0.338 e. The van der Waals surface area contributed by atoms with E-state index >= 15 is 0 Å². The number of carbonyl (C=O) groups excluding carboxylic acids is 4. The summed E-state index contributed by atoms with van der Waals surface area (Å²) in [7, 11) is 1.54. The van der Waals surface area contributed by atoms with E-state index in [0.29, 0.717) is 43.2 Å². The first-order valence-corrected chi connectivity index (χ1v) is 16.0. The fraction of sp³-hybridized carbons (Fsp3) is 0.219. The molecule has 3 aromatic carbocycles. The van der Waals surface area contributed by atoms with Crippen LogP contribution >= 0.6 is 34.7 Å². The molecule has 1 aromatic heterocycles. The van der Waals surface area contributed by atoms with E-state index in [4.69, 9.17) is 21.1 Å². The molecule has 2 aliphatic rings. The van der Waals surface area contributed by atoms with Gasteiger partial charge in [0.05, 0.1) is 35.9 Å². The Hall–Kier alpha value is -4.39. The topological polar surface area (TPSA) is 124 Å². The predicted octanol–water partition coefficient (Wildman–Crippen LogP) is 5.18. The highest BCUT2D eigenvalue weighted by Gasteiger charge is 2.56. The largest absolute Gasteiger partial charge is 0.497 e. The van der Waals surface area contributed by atoms with Gasteiger partial charge in [0.1, 0.15) is 17.5 Å². The van der Waals surface area contributed by atoms with E-state index in [-0.39, 0.29) is 18.0 Å². The van der Waals surface area contributed by atoms with E-state index in [1.165, 1.54) is 28.8 Å². The molecule has 0 radical (unpaired) electrons. The van der Waals surface area contributed by atoms with Crippen molar-refractivity contribution >= 4 is 69.8 Å². The molecule has 0 spiro atoms. The van der Waals surface area contributed by atoms with Crippen molar-refractivity contribution in [2.24, 2.45) is 5.92 Å². The Morgan fingerprint density at radius 1 is 0.933 bits per heavy atom. The van der Waals surface area contributed by atoms with E-state index in [2.05, 4.69) is 5.32 Å². The third kappa shape index (κ3) is 5.76. The standard InChI is InChI=1S/C32H26ClN3O7S2/c1-3-43-31(40)18-6-12-21(13-7-18)36-28(38)25-24(17-4-8-19(33)9-5-17)27-30(44-26(25)29(36)39)35(32(41)45-27)16-23(37)34-20-10-14-22(42-2)15-11-20/h4-15,24-26H,3,16H2,1-2H3,(H,34,37)/t24-,25+,26-/m0/s1. The van der Waals surface area contributed by atoms with Crippen molar-refractivity contribution in [1.29, 1.82) is 0 Å². The van der Waals surface area contributed by atoms with E-state index in [0.717, 1.165) is 28.0 Å². The molecular formula is C32H26ClN3O7S2. The maximum Gasteiger partial charge on any atom is 0.338 e. The van der Waals surface area contributed by atoms with Crippen LogP contribution in [0.25, 0.3) is 0 Å². The lowest BCUT2D eigenvalue weighted by molar-refractivity contribution is -0.122. The maximum atomic E-state index is 14.1. The normalized spacial score (nSPS) is 18.7. The van der Waals surface area contributed by atoms with Crippen LogP contribution in [0, 0.1) is 5.92 Å². The van der Waals surface area contributed by atoms with E-state index in [1.54, 1.807) is 62.6 Å². The monoisotopic (exact) mass is 663 g/mol. The molecule has 6 rings (SSSR count). The zero-order valence-electron chi connectivity index (χ0n) is 24.0. The lowest BCUT2D eigenvalue weighted by Gasteiger charge is -2.30. The molecule has 2 aliphatic heterocycles. The fourth-order valence-electron chi connectivity index (χ4n) is 5.52. The number of ether oxygens (including phenoxy) is 2. The van der Waals surface area contributed by atoms with Crippen molar-refractivity contribution in [2.75, 3.05) is 23.9 Å². The van der Waals surface area contributed by atoms with Gasteiger partial charge in [-0.1, -0.05) is 46.8 Å². The molecule has 13 heteroatoms. The summed E-state index contributed by atoms with van der Waals surface area (Å²) in [6, 6.07) is 19.8. The number of nitrogens with one attached hydrogen (secondary N) is 1. The first-order chi connectivity index (χ1) is 21.7. The van der Waals surface area contributed by atoms with Gasteiger partial charge in [0.2, 0.25) is 17.7 Å². The number of rotatable bonds is 8. The van der Waals surface area contributed by atoms with E-state index in [1.807, 2.05) is 0 Å². The van der Waals surface area contributed by atoms with Crippen LogP contribution in [-0.4, -0.2) is 47.2 Å². The number of hydrogen-bond acceptors (Lipinski definition) is 9. The number of anilines is 2. The van der Waals surface area contributed by atoms with Gasteiger partial charge in [-0.05, 0) is 73.2 Å². The zero-order valence-corrected chi connectivity index (χ0v) is 26.4. The molecule has 4 aromatic rings. The second kappa shape index (κ2) is 12.5. The Kier molecular flexibility index (Phi) is 8.54. The van der Waals surface area contributed by atoms with E-state index in [9.17, 15) is 24.0 Å². The van der Waals surface area contributed by atoms with Gasteiger partial charge in [0.25, 0.3) is 0 Å². The lowest BCUT2D eigenvalue weighted by Crippen LogP contribution is -2.33. The molecular weight excluding hydrogens is 638 g/mol. The van der Waals surface area contributed by atoms with Crippen LogP contribution in [-0.2, 0) is 25.7 Å². The van der Waals surface area contributed by atoms with Crippen molar-refractivity contribution < 1.29 is 28.7 Å². The van der Waals surface area contributed by atoms with Gasteiger partial charge in [-0.2, -0.15) is 0 Å². The molecule has 0 aliphatic carbocycles. The molecule has 230 valence electrons. The summed E-state index contributed by atoms with van der Waals surface area (Å²) in [6.45, 7) is 1.64. The average molecular weight is 664 g/mol. The SMILES string of the molecule is CCOC(=O)c1ccc(N2C(=O)[C@@H]3[C@H](c4ccc(Cl)cc4)c4sc(=O)n(CC(=O)Nc5ccc(OC)cc5)c4S[C@@H]3C2=O)cc1. The minimum atomic E-state index is -0.861. The van der Waals surface area contributed by atoms with Crippen molar-refractivity contribution in [3.63, 3.8) is 0 Å². The highest BCUT2D eigenvalue weighted by molar-refractivity contribution is 8.00. The molecule has 1 saturated heterocycles.